The Bertz CT molecular complexity index is 958. The van der Waals surface area contributed by atoms with Crippen LogP contribution >= 0.6 is 0 Å². The van der Waals surface area contributed by atoms with Crippen LogP contribution in [0.2, 0.25) is 0 Å². The molecule has 2 aromatic rings. The molecule has 2 heterocycles. The van der Waals surface area contributed by atoms with E-state index in [0.29, 0.717) is 31.6 Å². The monoisotopic (exact) mass is 433 g/mol. The summed E-state index contributed by atoms with van der Waals surface area (Å²) in [4.78, 5) is 27.8. The molecule has 1 atom stereocenters. The minimum absolute atomic E-state index is 0.110. The fourth-order valence-electron chi connectivity index (χ4n) is 3.47. The van der Waals surface area contributed by atoms with Crippen molar-refractivity contribution in [1.29, 1.82) is 0 Å². The molecule has 2 amide bonds. The zero-order chi connectivity index (χ0) is 21.6. The topological polar surface area (TPSA) is 113 Å². The van der Waals surface area contributed by atoms with Crippen LogP contribution in [0.5, 0.6) is 0 Å². The van der Waals surface area contributed by atoms with Gasteiger partial charge in [0.1, 0.15) is 0 Å². The van der Waals surface area contributed by atoms with Gasteiger partial charge in [0.05, 0.1) is 17.1 Å². The van der Waals surface area contributed by atoms with E-state index in [1.165, 1.54) is 23.4 Å². The van der Waals surface area contributed by atoms with Gasteiger partial charge >= 0.3 is 0 Å². The molecule has 3 rings (SSSR count). The Morgan fingerprint density at radius 1 is 1.23 bits per heavy atom. The van der Waals surface area contributed by atoms with Crippen LogP contribution in [-0.4, -0.2) is 53.7 Å². The number of aromatic nitrogens is 2. The van der Waals surface area contributed by atoms with Crippen molar-refractivity contribution in [3.63, 3.8) is 0 Å². The van der Waals surface area contributed by atoms with Crippen molar-refractivity contribution in [3.8, 4) is 0 Å². The third-order valence-electron chi connectivity index (χ3n) is 5.02. The molecule has 30 heavy (non-hydrogen) atoms. The molecule has 10 heteroatoms. The Kier molecular flexibility index (Phi) is 7.22. The van der Waals surface area contributed by atoms with E-state index >= 15 is 0 Å². The largest absolute Gasteiger partial charge is 0.356 e. The van der Waals surface area contributed by atoms with Gasteiger partial charge in [0.25, 0.3) is 0 Å². The summed E-state index contributed by atoms with van der Waals surface area (Å²) in [5.74, 6) is -0.692. The smallest absolute Gasteiger partial charge is 0.243 e. The summed E-state index contributed by atoms with van der Waals surface area (Å²) in [5, 5.41) is 5.53. The summed E-state index contributed by atoms with van der Waals surface area (Å²) in [7, 11) is -3.70. The lowest BCUT2D eigenvalue weighted by atomic mass is 9.99. The second kappa shape index (κ2) is 9.86. The fourth-order valence-corrected chi connectivity index (χ4v) is 5.00. The second-order valence-electron chi connectivity index (χ2n) is 7.35. The number of nitrogens with zero attached hydrogens (tertiary/aromatic N) is 3. The highest BCUT2D eigenvalue weighted by Crippen LogP contribution is 2.25. The molecule has 0 spiro atoms. The highest BCUT2D eigenvalue weighted by Gasteiger charge is 2.33. The molecule has 1 unspecified atom stereocenters. The number of carbonyl (C=O) groups is 2. The van der Waals surface area contributed by atoms with Crippen LogP contribution in [0.15, 0.2) is 47.9 Å². The predicted molar refractivity (Wildman–Crippen MR) is 112 cm³/mol. The lowest BCUT2D eigenvalue weighted by Gasteiger charge is -2.31. The molecule has 2 N–H and O–H groups in total. The summed E-state index contributed by atoms with van der Waals surface area (Å²) >= 11 is 0. The number of sulfonamides is 1. The zero-order valence-electron chi connectivity index (χ0n) is 17.0. The van der Waals surface area contributed by atoms with Gasteiger partial charge in [-0.05, 0) is 43.5 Å². The van der Waals surface area contributed by atoms with Crippen LogP contribution < -0.4 is 10.6 Å². The van der Waals surface area contributed by atoms with E-state index in [0.717, 1.165) is 13.0 Å². The third kappa shape index (κ3) is 5.67. The Balaban J connectivity index is 1.54. The van der Waals surface area contributed by atoms with Crippen LogP contribution in [0.4, 0.5) is 5.69 Å². The molecule has 0 radical (unpaired) electrons. The number of benzene rings is 1. The zero-order valence-corrected chi connectivity index (χ0v) is 17.8. The molecule has 1 aliphatic heterocycles. The summed E-state index contributed by atoms with van der Waals surface area (Å²) in [6.45, 7) is 3.25. The minimum atomic E-state index is -3.70. The fraction of sp³-hybridized carbons (Fsp3) is 0.450. The Morgan fingerprint density at radius 3 is 2.67 bits per heavy atom. The van der Waals surface area contributed by atoms with Gasteiger partial charge in [-0.2, -0.15) is 4.31 Å². The number of aryl methyl sites for hydroxylation is 1. The first kappa shape index (κ1) is 22.0. The number of amides is 2. The normalized spacial score (nSPS) is 17.4. The van der Waals surface area contributed by atoms with Crippen molar-refractivity contribution >= 4 is 27.5 Å². The third-order valence-corrected chi connectivity index (χ3v) is 6.90. The molecule has 0 bridgehead atoms. The van der Waals surface area contributed by atoms with E-state index in [4.69, 9.17) is 0 Å². The minimum Gasteiger partial charge on any atom is -0.356 e. The Labute approximate surface area is 176 Å². The van der Waals surface area contributed by atoms with Crippen molar-refractivity contribution in [2.24, 2.45) is 5.92 Å². The molecule has 0 saturated carbocycles. The molecule has 1 aliphatic rings. The highest BCUT2D eigenvalue weighted by molar-refractivity contribution is 7.89. The van der Waals surface area contributed by atoms with E-state index < -0.39 is 10.0 Å². The van der Waals surface area contributed by atoms with Gasteiger partial charge in [0.2, 0.25) is 21.8 Å². The molecule has 1 saturated heterocycles. The van der Waals surface area contributed by atoms with Crippen molar-refractivity contribution in [1.82, 2.24) is 19.2 Å². The number of nitrogens with one attached hydrogen (secondary N) is 2. The lowest BCUT2D eigenvalue weighted by Crippen LogP contribution is -2.45. The lowest BCUT2D eigenvalue weighted by molar-refractivity contribution is -0.126. The average molecular weight is 434 g/mol. The Morgan fingerprint density at radius 2 is 2.00 bits per heavy atom. The second-order valence-corrected chi connectivity index (χ2v) is 9.29. The van der Waals surface area contributed by atoms with E-state index in [-0.39, 0.29) is 29.2 Å². The van der Waals surface area contributed by atoms with E-state index in [2.05, 4.69) is 15.6 Å². The summed E-state index contributed by atoms with van der Waals surface area (Å²) in [6, 6.07) is 6.06. The standard InChI is InChI=1S/C20H27N5O4S/c1-16(26)23-18-5-7-19(8-6-18)30(28,29)25-12-2-4-17(14-25)20(27)22-9-3-11-24-13-10-21-15-24/h5-8,10,13,15,17H,2-4,9,11-12,14H2,1H3,(H,22,27)(H,23,26). The highest BCUT2D eigenvalue weighted by atomic mass is 32.2. The summed E-state index contributed by atoms with van der Waals surface area (Å²) < 4.78 is 29.3. The molecular formula is C20H27N5O4S. The number of hydrogen-bond acceptors (Lipinski definition) is 5. The maximum atomic E-state index is 13.0. The molecule has 162 valence electrons. The van der Waals surface area contributed by atoms with E-state index in [1.54, 1.807) is 24.7 Å². The summed E-state index contributed by atoms with van der Waals surface area (Å²) in [5.41, 5.74) is 0.535. The first-order valence-electron chi connectivity index (χ1n) is 9.97. The van der Waals surface area contributed by atoms with Gasteiger partial charge in [-0.15, -0.1) is 0 Å². The van der Waals surface area contributed by atoms with Crippen molar-refractivity contribution in [2.75, 3.05) is 25.0 Å². The molecule has 1 aromatic carbocycles. The maximum Gasteiger partial charge on any atom is 0.243 e. The van der Waals surface area contributed by atoms with Gasteiger partial charge in [-0.25, -0.2) is 13.4 Å². The van der Waals surface area contributed by atoms with E-state index in [1.807, 2.05) is 10.8 Å². The van der Waals surface area contributed by atoms with Crippen LogP contribution in [0.3, 0.4) is 0 Å². The molecule has 1 fully saturated rings. The number of rotatable bonds is 8. The van der Waals surface area contributed by atoms with Crippen LogP contribution in [0, 0.1) is 5.92 Å². The van der Waals surface area contributed by atoms with E-state index in [9.17, 15) is 18.0 Å². The SMILES string of the molecule is CC(=O)Nc1ccc(S(=O)(=O)N2CCCC(C(=O)NCCCn3ccnc3)C2)cc1. The van der Waals surface area contributed by atoms with Gasteiger partial charge < -0.3 is 15.2 Å². The van der Waals surface area contributed by atoms with Gasteiger partial charge in [-0.3, -0.25) is 9.59 Å². The molecule has 0 aliphatic carbocycles. The van der Waals surface area contributed by atoms with Gasteiger partial charge in [-0.1, -0.05) is 0 Å². The quantitative estimate of drug-likeness (QED) is 0.612. The number of carbonyl (C=O) groups excluding carboxylic acids is 2. The number of hydrogen-bond donors (Lipinski definition) is 2. The number of piperidine rings is 1. The van der Waals surface area contributed by atoms with Crippen molar-refractivity contribution < 1.29 is 18.0 Å². The van der Waals surface area contributed by atoms with Gasteiger partial charge in [0.15, 0.2) is 0 Å². The Hall–Kier alpha value is -2.72. The first-order valence-corrected chi connectivity index (χ1v) is 11.4. The maximum absolute atomic E-state index is 13.0. The number of anilines is 1. The summed E-state index contributed by atoms with van der Waals surface area (Å²) in [6.07, 6.45) is 7.39. The molecular weight excluding hydrogens is 406 g/mol. The van der Waals surface area contributed by atoms with Crippen LogP contribution in [-0.2, 0) is 26.2 Å². The molecule has 9 nitrogen and oxygen atoms in total. The first-order chi connectivity index (χ1) is 14.4. The molecule has 1 aromatic heterocycles. The number of imidazole rings is 1. The van der Waals surface area contributed by atoms with Gasteiger partial charge in [0, 0.05) is 51.2 Å². The average Bonchev–Trinajstić information content (AvgIpc) is 3.25. The van der Waals surface area contributed by atoms with Crippen molar-refractivity contribution in [3.05, 3.63) is 43.0 Å². The van der Waals surface area contributed by atoms with Crippen LogP contribution in [0.1, 0.15) is 26.2 Å². The van der Waals surface area contributed by atoms with Crippen LogP contribution in [0.25, 0.3) is 0 Å². The van der Waals surface area contributed by atoms with Crippen molar-refractivity contribution in [2.45, 2.75) is 37.6 Å². The predicted octanol–water partition coefficient (Wildman–Crippen LogP) is 1.45.